The molecule has 2 N–H and O–H groups in total. The first kappa shape index (κ1) is 18.0. The maximum Gasteiger partial charge on any atom is 0.326 e. The molecule has 4 rings (SSSR count). The van der Waals surface area contributed by atoms with E-state index in [1.807, 2.05) is 54.0 Å². The van der Waals surface area contributed by atoms with Gasteiger partial charge in [0.05, 0.1) is 11.0 Å². The number of hydrogen-bond acceptors (Lipinski definition) is 2. The summed E-state index contributed by atoms with van der Waals surface area (Å²) in [6, 6.07) is 13.8. The highest BCUT2D eigenvalue weighted by molar-refractivity contribution is 9.10. The Bertz CT molecular complexity index is 1050. The Morgan fingerprint density at radius 2 is 1.89 bits per heavy atom. The van der Waals surface area contributed by atoms with E-state index in [1.165, 1.54) is 0 Å². The maximum atomic E-state index is 12.6. The second kappa shape index (κ2) is 7.35. The van der Waals surface area contributed by atoms with Crippen molar-refractivity contribution >= 4 is 38.6 Å². The van der Waals surface area contributed by atoms with E-state index in [0.29, 0.717) is 0 Å². The highest BCUT2D eigenvalue weighted by atomic mass is 79.9. The van der Waals surface area contributed by atoms with Gasteiger partial charge in [-0.3, -0.25) is 9.36 Å². The van der Waals surface area contributed by atoms with E-state index < -0.39 is 0 Å². The zero-order valence-electron chi connectivity index (χ0n) is 15.2. The standard InChI is InChI=1S/C21H22BrN3O2/c1-13-4-2-5-15(12-13)23-20(26)14-8-10-16(11-9-14)25-18-7-3-6-17(22)19(18)24-21(25)27/h2-7,12,14,16H,8-11H2,1H3,(H,23,26)(H,24,27). The number of anilines is 1. The summed E-state index contributed by atoms with van der Waals surface area (Å²) in [5.41, 5.74) is 3.65. The van der Waals surface area contributed by atoms with Crippen LogP contribution in [0, 0.1) is 12.8 Å². The predicted molar refractivity (Wildman–Crippen MR) is 111 cm³/mol. The largest absolute Gasteiger partial charge is 0.326 e. The predicted octanol–water partition coefficient (Wildman–Crippen LogP) is 4.77. The van der Waals surface area contributed by atoms with Gasteiger partial charge in [0.15, 0.2) is 0 Å². The van der Waals surface area contributed by atoms with E-state index in [0.717, 1.165) is 52.4 Å². The third-order valence-corrected chi connectivity index (χ3v) is 6.08. The average Bonchev–Trinajstić information content (AvgIpc) is 2.99. The molecule has 0 atom stereocenters. The first-order valence-electron chi connectivity index (χ1n) is 9.29. The third-order valence-electron chi connectivity index (χ3n) is 5.42. The van der Waals surface area contributed by atoms with Gasteiger partial charge in [-0.25, -0.2) is 4.79 Å². The number of H-pyrrole nitrogens is 1. The third kappa shape index (κ3) is 3.58. The molecule has 3 aromatic rings. The summed E-state index contributed by atoms with van der Waals surface area (Å²) in [5.74, 6) is 0.0717. The van der Waals surface area contributed by atoms with Crippen molar-refractivity contribution in [2.24, 2.45) is 5.92 Å². The number of amides is 1. The molecule has 0 unspecified atom stereocenters. The van der Waals surface area contributed by atoms with Crippen LogP contribution in [0.2, 0.25) is 0 Å². The van der Waals surface area contributed by atoms with Gasteiger partial charge in [0, 0.05) is 22.1 Å². The lowest BCUT2D eigenvalue weighted by Gasteiger charge is -2.28. The molecule has 5 nitrogen and oxygen atoms in total. The van der Waals surface area contributed by atoms with Crippen molar-refractivity contribution in [3.8, 4) is 0 Å². The zero-order chi connectivity index (χ0) is 19.0. The number of halogens is 1. The number of carbonyl (C=O) groups excluding carboxylic acids is 1. The number of imidazole rings is 1. The van der Waals surface area contributed by atoms with E-state index in [1.54, 1.807) is 0 Å². The number of nitrogens with zero attached hydrogens (tertiary/aromatic N) is 1. The molecule has 0 saturated heterocycles. The number of para-hydroxylation sites is 1. The van der Waals surface area contributed by atoms with Crippen molar-refractivity contribution in [1.82, 2.24) is 9.55 Å². The number of hydrogen-bond donors (Lipinski definition) is 2. The Labute approximate surface area is 165 Å². The number of benzene rings is 2. The number of rotatable bonds is 3. The fourth-order valence-corrected chi connectivity index (χ4v) is 4.49. The topological polar surface area (TPSA) is 66.9 Å². The molecule has 6 heteroatoms. The summed E-state index contributed by atoms with van der Waals surface area (Å²) >= 11 is 3.50. The van der Waals surface area contributed by atoms with Crippen LogP contribution in [0.5, 0.6) is 0 Å². The van der Waals surface area contributed by atoms with Crippen LogP contribution in [0.4, 0.5) is 5.69 Å². The van der Waals surface area contributed by atoms with Crippen molar-refractivity contribution in [2.45, 2.75) is 38.6 Å². The molecule has 0 aliphatic heterocycles. The van der Waals surface area contributed by atoms with E-state index >= 15 is 0 Å². The molecule has 2 aromatic carbocycles. The molecule has 0 spiro atoms. The highest BCUT2D eigenvalue weighted by Crippen LogP contribution is 2.34. The Kier molecular flexibility index (Phi) is 4.91. The molecule has 1 fully saturated rings. The number of nitrogens with one attached hydrogen (secondary N) is 2. The van der Waals surface area contributed by atoms with Crippen molar-refractivity contribution in [2.75, 3.05) is 5.32 Å². The number of fused-ring (bicyclic) bond motifs is 1. The molecule has 1 aliphatic carbocycles. The fraction of sp³-hybridized carbons (Fsp3) is 0.333. The molecule has 0 radical (unpaired) electrons. The van der Waals surface area contributed by atoms with Crippen LogP contribution in [-0.2, 0) is 4.79 Å². The van der Waals surface area contributed by atoms with Crippen molar-refractivity contribution in [1.29, 1.82) is 0 Å². The van der Waals surface area contributed by atoms with E-state index in [2.05, 4.69) is 26.2 Å². The second-order valence-corrected chi connectivity index (χ2v) is 8.15. The zero-order valence-corrected chi connectivity index (χ0v) is 16.8. The Hall–Kier alpha value is -2.34. The molecule has 27 heavy (non-hydrogen) atoms. The van der Waals surface area contributed by atoms with Crippen LogP contribution in [0.1, 0.15) is 37.3 Å². The quantitative estimate of drug-likeness (QED) is 0.631. The minimum atomic E-state index is -0.0791. The van der Waals surface area contributed by atoms with Crippen LogP contribution in [0.3, 0.4) is 0 Å². The van der Waals surface area contributed by atoms with Gasteiger partial charge in [-0.05, 0) is 78.4 Å². The van der Waals surface area contributed by atoms with Crippen LogP contribution in [0.25, 0.3) is 11.0 Å². The molecule has 1 aromatic heterocycles. The normalized spacial score (nSPS) is 19.9. The molecule has 1 heterocycles. The lowest BCUT2D eigenvalue weighted by atomic mass is 9.85. The summed E-state index contributed by atoms with van der Waals surface area (Å²) in [7, 11) is 0. The minimum absolute atomic E-state index is 0.00518. The van der Waals surface area contributed by atoms with Crippen LogP contribution >= 0.6 is 15.9 Å². The maximum absolute atomic E-state index is 12.6. The van der Waals surface area contributed by atoms with Gasteiger partial charge < -0.3 is 10.3 Å². The lowest BCUT2D eigenvalue weighted by molar-refractivity contribution is -0.121. The van der Waals surface area contributed by atoms with Gasteiger partial charge >= 0.3 is 5.69 Å². The summed E-state index contributed by atoms with van der Waals surface area (Å²) in [6.45, 7) is 2.01. The number of aryl methyl sites for hydroxylation is 1. The van der Waals surface area contributed by atoms with Gasteiger partial charge in [-0.1, -0.05) is 18.2 Å². The van der Waals surface area contributed by atoms with E-state index in [9.17, 15) is 9.59 Å². The molecule has 140 valence electrons. The van der Waals surface area contributed by atoms with Gasteiger partial charge in [-0.15, -0.1) is 0 Å². The first-order chi connectivity index (χ1) is 13.0. The van der Waals surface area contributed by atoms with Crippen molar-refractivity contribution < 1.29 is 4.79 Å². The molecular weight excluding hydrogens is 406 g/mol. The highest BCUT2D eigenvalue weighted by Gasteiger charge is 2.29. The summed E-state index contributed by atoms with van der Waals surface area (Å²) < 4.78 is 2.75. The average molecular weight is 428 g/mol. The van der Waals surface area contributed by atoms with Crippen LogP contribution < -0.4 is 11.0 Å². The Morgan fingerprint density at radius 3 is 2.63 bits per heavy atom. The van der Waals surface area contributed by atoms with Crippen molar-refractivity contribution in [3.63, 3.8) is 0 Å². The summed E-state index contributed by atoms with van der Waals surface area (Å²) in [5, 5.41) is 3.03. The number of carbonyl (C=O) groups is 1. The summed E-state index contributed by atoms with van der Waals surface area (Å²) in [4.78, 5) is 28.0. The van der Waals surface area contributed by atoms with Gasteiger partial charge in [0.1, 0.15) is 0 Å². The SMILES string of the molecule is Cc1cccc(NC(=O)C2CCC(n3c(=O)[nH]c4c(Br)cccc43)CC2)c1. The smallest absolute Gasteiger partial charge is 0.326 e. The van der Waals surface area contributed by atoms with Gasteiger partial charge in [-0.2, -0.15) is 0 Å². The van der Waals surface area contributed by atoms with Crippen LogP contribution in [0.15, 0.2) is 51.7 Å². The first-order valence-corrected chi connectivity index (χ1v) is 10.1. The van der Waals surface area contributed by atoms with Crippen molar-refractivity contribution in [3.05, 3.63) is 63.0 Å². The van der Waals surface area contributed by atoms with Gasteiger partial charge in [0.25, 0.3) is 0 Å². The Balaban J connectivity index is 1.46. The van der Waals surface area contributed by atoms with E-state index in [-0.39, 0.29) is 23.6 Å². The molecule has 1 saturated carbocycles. The molecule has 1 amide bonds. The Morgan fingerprint density at radius 1 is 1.15 bits per heavy atom. The number of aromatic amines is 1. The van der Waals surface area contributed by atoms with Gasteiger partial charge in [0.2, 0.25) is 5.91 Å². The number of aromatic nitrogens is 2. The second-order valence-electron chi connectivity index (χ2n) is 7.30. The molecule has 0 bridgehead atoms. The van der Waals surface area contributed by atoms with E-state index in [4.69, 9.17) is 0 Å². The summed E-state index contributed by atoms with van der Waals surface area (Å²) in [6.07, 6.45) is 3.22. The lowest BCUT2D eigenvalue weighted by Crippen LogP contribution is -2.31. The van der Waals surface area contributed by atoms with Crippen LogP contribution in [-0.4, -0.2) is 15.5 Å². The molecular formula is C21H22BrN3O2. The minimum Gasteiger partial charge on any atom is -0.326 e. The monoisotopic (exact) mass is 427 g/mol. The fourth-order valence-electron chi connectivity index (χ4n) is 4.04. The molecule has 1 aliphatic rings.